The minimum atomic E-state index is 0.419. The monoisotopic (exact) mass is 1140 g/mol. The normalized spacial score (nSPS) is 16.7. The number of epoxide rings is 2. The zero-order valence-electron chi connectivity index (χ0n) is 57.1. The quantitative estimate of drug-likeness (QED) is 0.0450. The average molecular weight is 1140 g/mol. The molecule has 0 aliphatic carbocycles. The summed E-state index contributed by atoms with van der Waals surface area (Å²) in [4.78, 5) is 0. The first-order chi connectivity index (χ1) is 39.9. The van der Waals surface area contributed by atoms with Crippen LogP contribution in [0, 0.1) is 23.7 Å². The maximum Gasteiger partial charge on any atom is 0.0810 e. The topological polar surface area (TPSA) is 34.3 Å². The third-order valence-electron chi connectivity index (χ3n) is 19.8. The summed E-state index contributed by atoms with van der Waals surface area (Å²) in [5, 5.41) is 0. The SMILES string of the molecule is CCCCCCCCCCCCCCCCC(CCC1CO1)C(CCCCCCCCCCCCCCC(C)C)OC(CCCCCCCCCCCCCCC(C)C)C(CCCCCCCCCCCCCCCC)CCC1CO1. The molecule has 6 unspecified atom stereocenters. The zero-order chi connectivity index (χ0) is 58.0. The van der Waals surface area contributed by atoms with Crippen LogP contribution in [0.3, 0.4) is 0 Å². The Morgan fingerprint density at radius 1 is 0.247 bits per heavy atom. The van der Waals surface area contributed by atoms with E-state index < -0.39 is 0 Å². The predicted octanol–water partition coefficient (Wildman–Crippen LogP) is 27.3. The lowest BCUT2D eigenvalue weighted by Crippen LogP contribution is -2.34. The van der Waals surface area contributed by atoms with Crippen molar-refractivity contribution >= 4 is 0 Å². The summed E-state index contributed by atoms with van der Waals surface area (Å²) in [6.07, 6.45) is 90.0. The van der Waals surface area contributed by atoms with Crippen molar-refractivity contribution in [2.75, 3.05) is 13.2 Å². The molecule has 2 heterocycles. The molecule has 3 nitrogen and oxygen atoms in total. The molecule has 0 aromatic carbocycles. The van der Waals surface area contributed by atoms with Gasteiger partial charge in [0.1, 0.15) is 0 Å². The third-order valence-corrected chi connectivity index (χ3v) is 19.8. The molecule has 2 fully saturated rings. The summed E-state index contributed by atoms with van der Waals surface area (Å²) in [7, 11) is 0. The second kappa shape index (κ2) is 60.2. The first-order valence-electron chi connectivity index (χ1n) is 38.8. The molecular formula is C78H154O3. The zero-order valence-corrected chi connectivity index (χ0v) is 57.1. The molecule has 484 valence electrons. The first-order valence-corrected chi connectivity index (χ1v) is 38.8. The van der Waals surface area contributed by atoms with Gasteiger partial charge in [-0.3, -0.25) is 0 Å². The van der Waals surface area contributed by atoms with Gasteiger partial charge in [-0.1, -0.05) is 388 Å². The molecule has 0 spiro atoms. The van der Waals surface area contributed by atoms with E-state index in [4.69, 9.17) is 14.2 Å². The van der Waals surface area contributed by atoms with Crippen LogP contribution in [0.4, 0.5) is 0 Å². The molecule has 0 saturated carbocycles. The number of ether oxygens (including phenoxy) is 3. The van der Waals surface area contributed by atoms with Gasteiger partial charge < -0.3 is 14.2 Å². The largest absolute Gasteiger partial charge is 0.374 e. The van der Waals surface area contributed by atoms with Gasteiger partial charge >= 0.3 is 0 Å². The molecule has 2 aliphatic rings. The van der Waals surface area contributed by atoms with Gasteiger partial charge in [0.25, 0.3) is 0 Å². The van der Waals surface area contributed by atoms with Crippen LogP contribution in [-0.2, 0) is 14.2 Å². The highest BCUT2D eigenvalue weighted by atomic mass is 16.6. The van der Waals surface area contributed by atoms with E-state index in [1.54, 1.807) is 0 Å². The van der Waals surface area contributed by atoms with E-state index in [1.165, 1.54) is 398 Å². The number of hydrogen-bond donors (Lipinski definition) is 0. The van der Waals surface area contributed by atoms with E-state index in [1.807, 2.05) is 0 Å². The van der Waals surface area contributed by atoms with Crippen LogP contribution in [0.2, 0.25) is 0 Å². The Kier molecular flexibility index (Phi) is 57.2. The number of unbranched alkanes of at least 4 members (excludes halogenated alkanes) is 48. The molecule has 0 N–H and O–H groups in total. The van der Waals surface area contributed by atoms with Crippen LogP contribution in [0.25, 0.3) is 0 Å². The molecule has 6 atom stereocenters. The number of hydrogen-bond acceptors (Lipinski definition) is 3. The molecule has 3 heteroatoms. The molecule has 0 bridgehead atoms. The lowest BCUT2D eigenvalue weighted by atomic mass is 9.84. The highest BCUT2D eigenvalue weighted by Gasteiger charge is 2.33. The molecule has 0 amide bonds. The van der Waals surface area contributed by atoms with Crippen LogP contribution in [-0.4, -0.2) is 37.6 Å². The summed E-state index contributed by atoms with van der Waals surface area (Å²) >= 11 is 0. The summed E-state index contributed by atoms with van der Waals surface area (Å²) in [6, 6.07) is 0. The van der Waals surface area contributed by atoms with Crippen LogP contribution in [0.15, 0.2) is 0 Å². The first kappa shape index (κ1) is 77.0. The van der Waals surface area contributed by atoms with Gasteiger partial charge in [0.05, 0.1) is 37.6 Å². The maximum absolute atomic E-state index is 7.98. The fourth-order valence-corrected chi connectivity index (χ4v) is 13.9. The highest BCUT2D eigenvalue weighted by molar-refractivity contribution is 4.82. The minimum absolute atomic E-state index is 0.419. The van der Waals surface area contributed by atoms with Crippen LogP contribution in [0.1, 0.15) is 440 Å². The van der Waals surface area contributed by atoms with Crippen LogP contribution in [0.5, 0.6) is 0 Å². The Balaban J connectivity index is 2.07. The van der Waals surface area contributed by atoms with E-state index >= 15 is 0 Å². The van der Waals surface area contributed by atoms with Crippen molar-refractivity contribution in [2.24, 2.45) is 23.7 Å². The van der Waals surface area contributed by atoms with Gasteiger partial charge in [0.15, 0.2) is 0 Å². The van der Waals surface area contributed by atoms with Crippen LogP contribution >= 0.6 is 0 Å². The van der Waals surface area contributed by atoms with E-state index in [9.17, 15) is 0 Å². The maximum atomic E-state index is 7.98. The van der Waals surface area contributed by atoms with E-state index in [0.29, 0.717) is 36.3 Å². The second-order valence-corrected chi connectivity index (χ2v) is 29.0. The third kappa shape index (κ3) is 55.0. The lowest BCUT2D eigenvalue weighted by Gasteiger charge is -2.36. The molecule has 0 radical (unpaired) electrons. The Hall–Kier alpha value is -0.120. The van der Waals surface area contributed by atoms with E-state index in [-0.39, 0.29) is 0 Å². The molecule has 2 aliphatic heterocycles. The molecule has 81 heavy (non-hydrogen) atoms. The molecular weight excluding hydrogens is 985 g/mol. The molecule has 0 aromatic rings. The van der Waals surface area contributed by atoms with Crippen molar-refractivity contribution in [3.8, 4) is 0 Å². The summed E-state index contributed by atoms with van der Waals surface area (Å²) in [5.74, 6) is 3.12. The predicted molar refractivity (Wildman–Crippen MR) is 362 cm³/mol. The Morgan fingerprint density at radius 3 is 0.630 bits per heavy atom. The summed E-state index contributed by atoms with van der Waals surface area (Å²) in [6.45, 7) is 16.2. The van der Waals surface area contributed by atoms with Gasteiger partial charge in [-0.2, -0.15) is 0 Å². The van der Waals surface area contributed by atoms with Crippen LogP contribution < -0.4 is 0 Å². The average Bonchev–Trinajstić information content (AvgIpc) is 4.42. The van der Waals surface area contributed by atoms with Crippen molar-refractivity contribution in [1.82, 2.24) is 0 Å². The van der Waals surface area contributed by atoms with Gasteiger partial charge in [-0.25, -0.2) is 0 Å². The van der Waals surface area contributed by atoms with Crippen molar-refractivity contribution in [3.05, 3.63) is 0 Å². The van der Waals surface area contributed by atoms with Gasteiger partial charge in [0, 0.05) is 0 Å². The van der Waals surface area contributed by atoms with Crippen molar-refractivity contribution in [1.29, 1.82) is 0 Å². The Morgan fingerprint density at radius 2 is 0.432 bits per heavy atom. The molecule has 2 saturated heterocycles. The van der Waals surface area contributed by atoms with Gasteiger partial charge in [0.2, 0.25) is 0 Å². The second-order valence-electron chi connectivity index (χ2n) is 29.0. The van der Waals surface area contributed by atoms with Crippen molar-refractivity contribution in [3.63, 3.8) is 0 Å². The standard InChI is InChI=1S/C78H154O3/c1-7-9-11-13-15-17-19-21-23-31-37-43-49-55-61-73(65-67-75-69-79-75)77(63-57-51-45-39-33-27-25-29-35-41-47-53-59-71(3)4)81-78(64-58-52-46-40-34-28-26-30-36-42-48-54-60-72(5)6)74(66-68-76-70-80-76)62-56-50-44-38-32-24-22-20-18-16-14-12-10-8-2/h71-78H,7-70H2,1-6H3. The fraction of sp³-hybridized carbons (Fsp3) is 1.00. The molecule has 2 rings (SSSR count). The van der Waals surface area contributed by atoms with Gasteiger partial charge in [-0.15, -0.1) is 0 Å². The highest BCUT2D eigenvalue weighted by Crippen LogP contribution is 2.36. The van der Waals surface area contributed by atoms with Gasteiger partial charge in [-0.05, 0) is 75.0 Å². The number of rotatable bonds is 70. The van der Waals surface area contributed by atoms with Crippen molar-refractivity contribution in [2.45, 2.75) is 464 Å². The summed E-state index contributed by atoms with van der Waals surface area (Å²) in [5.41, 5.74) is 0. The molecule has 0 aromatic heterocycles. The lowest BCUT2D eigenvalue weighted by molar-refractivity contribution is -0.0847. The fourth-order valence-electron chi connectivity index (χ4n) is 13.9. The van der Waals surface area contributed by atoms with E-state index in [0.717, 1.165) is 25.0 Å². The minimum Gasteiger partial charge on any atom is -0.374 e. The van der Waals surface area contributed by atoms with E-state index in [2.05, 4.69) is 41.5 Å². The Bertz CT molecular complexity index is 1100. The smallest absolute Gasteiger partial charge is 0.0810 e. The van der Waals surface area contributed by atoms with Crippen molar-refractivity contribution < 1.29 is 14.2 Å². The summed E-state index contributed by atoms with van der Waals surface area (Å²) < 4.78 is 19.8. The Labute approximate surface area is 512 Å².